The number of aliphatic carboxylic acids is 1. The van der Waals surface area contributed by atoms with E-state index in [1.807, 2.05) is 0 Å². The van der Waals surface area contributed by atoms with E-state index in [-0.39, 0.29) is 44.2 Å². The van der Waals surface area contributed by atoms with Crippen molar-refractivity contribution in [2.45, 2.75) is 6.18 Å². The molecule has 1 N–H and O–H groups in total. The molecule has 4 aromatic rings. The summed E-state index contributed by atoms with van der Waals surface area (Å²) in [7, 11) is 0. The van der Waals surface area contributed by atoms with Crippen molar-refractivity contribution in [2.24, 2.45) is 0 Å². The van der Waals surface area contributed by atoms with E-state index in [9.17, 15) is 22.4 Å². The van der Waals surface area contributed by atoms with Crippen LogP contribution in [0.2, 0.25) is 10.0 Å². The second-order valence-corrected chi connectivity index (χ2v) is 7.19. The number of carboxylic acids is 1. The predicted octanol–water partition coefficient (Wildman–Crippen LogP) is 5.61. The van der Waals surface area contributed by atoms with Gasteiger partial charge in [0.2, 0.25) is 5.82 Å². The van der Waals surface area contributed by atoms with Crippen molar-refractivity contribution in [1.29, 1.82) is 0 Å². The molecule has 0 aliphatic carbocycles. The summed E-state index contributed by atoms with van der Waals surface area (Å²) >= 11 is 12.1. The molecule has 0 spiro atoms. The van der Waals surface area contributed by atoms with Crippen molar-refractivity contribution in [3.63, 3.8) is 0 Å². The molecular weight excluding hydrogens is 479 g/mol. The number of rotatable bonds is 4. The first-order valence-corrected chi connectivity index (χ1v) is 9.28. The smallest absolute Gasteiger partial charge is 0.417 e. The highest BCUT2D eigenvalue weighted by Crippen LogP contribution is 2.34. The highest BCUT2D eigenvalue weighted by molar-refractivity contribution is 6.33. The Morgan fingerprint density at radius 2 is 1.88 bits per heavy atom. The lowest BCUT2D eigenvalue weighted by molar-refractivity contribution is -0.138. The summed E-state index contributed by atoms with van der Waals surface area (Å²) in [5.41, 5.74) is -0.923. The topological polar surface area (TPSA) is 93.5 Å². The third-order valence-electron chi connectivity index (χ3n) is 4.21. The second-order valence-electron chi connectivity index (χ2n) is 6.38. The Morgan fingerprint density at radius 3 is 2.56 bits per heavy atom. The Morgan fingerprint density at radius 1 is 1.12 bits per heavy atom. The highest BCUT2D eigenvalue weighted by atomic mass is 35.5. The van der Waals surface area contributed by atoms with E-state index in [1.54, 1.807) is 0 Å². The van der Waals surface area contributed by atoms with Gasteiger partial charge in [0, 0.05) is 29.6 Å². The van der Waals surface area contributed by atoms with E-state index < -0.39 is 23.5 Å². The molecule has 0 unspecified atom stereocenters. The first-order valence-electron chi connectivity index (χ1n) is 8.53. The lowest BCUT2D eigenvalue weighted by Gasteiger charge is -2.07. The van der Waals surface area contributed by atoms with E-state index in [0.29, 0.717) is 0 Å². The number of benzene rings is 1. The first kappa shape index (κ1) is 21.8. The minimum Gasteiger partial charge on any atom is -0.478 e. The van der Waals surface area contributed by atoms with Crippen LogP contribution in [0.4, 0.5) is 17.6 Å². The van der Waals surface area contributed by atoms with Gasteiger partial charge < -0.3 is 14.0 Å². The fourth-order valence-electron chi connectivity index (χ4n) is 2.77. The Balaban J connectivity index is 1.71. The van der Waals surface area contributed by atoms with Crippen LogP contribution < -0.4 is 0 Å². The average molecular weight is 487 g/mol. The van der Waals surface area contributed by atoms with Gasteiger partial charge >= 0.3 is 12.1 Å². The fourth-order valence-corrected chi connectivity index (χ4v) is 3.29. The second kappa shape index (κ2) is 7.92. The average Bonchev–Trinajstić information content (AvgIpc) is 3.34. The third-order valence-corrected chi connectivity index (χ3v) is 4.80. The zero-order valence-corrected chi connectivity index (χ0v) is 16.9. The van der Waals surface area contributed by atoms with E-state index >= 15 is 0 Å². The van der Waals surface area contributed by atoms with Gasteiger partial charge in [-0.15, -0.1) is 0 Å². The molecule has 3 aromatic heterocycles. The Hall–Kier alpha value is -3.44. The van der Waals surface area contributed by atoms with Crippen LogP contribution >= 0.6 is 23.2 Å². The summed E-state index contributed by atoms with van der Waals surface area (Å²) < 4.78 is 59.5. The summed E-state index contributed by atoms with van der Waals surface area (Å²) in [5.74, 6) is -2.33. The van der Waals surface area contributed by atoms with E-state index in [1.165, 1.54) is 12.3 Å². The molecule has 4 rings (SSSR count). The maximum absolute atomic E-state index is 14.3. The molecule has 0 radical (unpaired) electrons. The van der Waals surface area contributed by atoms with Crippen LogP contribution in [0.25, 0.3) is 34.7 Å². The normalized spacial score (nSPS) is 12.2. The van der Waals surface area contributed by atoms with Gasteiger partial charge in [0.05, 0.1) is 15.6 Å². The van der Waals surface area contributed by atoms with Crippen LogP contribution in [-0.2, 0) is 11.0 Å². The SMILES string of the molecule is O=C(O)C=Cc1cc(Cl)c(-c2noc(-c3cn4cc(C(F)(F)F)cc(Cl)c4n3)n2)cc1F. The number of halogens is 6. The third kappa shape index (κ3) is 4.16. The van der Waals surface area contributed by atoms with Crippen molar-refractivity contribution in [3.8, 4) is 23.0 Å². The number of fused-ring (bicyclic) bond motifs is 1. The van der Waals surface area contributed by atoms with Gasteiger partial charge in [-0.25, -0.2) is 14.2 Å². The summed E-state index contributed by atoms with van der Waals surface area (Å²) in [6.45, 7) is 0. The van der Waals surface area contributed by atoms with Crippen LogP contribution in [0.3, 0.4) is 0 Å². The Kier molecular flexibility index (Phi) is 5.39. The van der Waals surface area contributed by atoms with Crippen molar-refractivity contribution in [2.75, 3.05) is 0 Å². The first-order chi connectivity index (χ1) is 15.0. The van der Waals surface area contributed by atoms with Crippen molar-refractivity contribution >= 4 is 40.9 Å². The fraction of sp³-hybridized carbons (Fsp3) is 0.0526. The molecule has 0 saturated carbocycles. The predicted molar refractivity (Wildman–Crippen MR) is 106 cm³/mol. The summed E-state index contributed by atoms with van der Waals surface area (Å²) in [6, 6.07) is 2.93. The number of alkyl halides is 3. The standard InChI is InChI=1S/C19H8Cl2F4N4O3/c20-11-3-8(1-2-15(30)31)13(22)5-10(11)16-27-18(32-28-16)14-7-29-6-9(19(23,24)25)4-12(21)17(29)26-14/h1-7H,(H,30,31). The molecule has 13 heteroatoms. The number of imidazole rings is 1. The molecule has 7 nitrogen and oxygen atoms in total. The summed E-state index contributed by atoms with van der Waals surface area (Å²) in [6.07, 6.45) is -0.795. The van der Waals surface area contributed by atoms with Crippen LogP contribution in [0.15, 0.2) is 41.2 Å². The van der Waals surface area contributed by atoms with Gasteiger partial charge in [-0.1, -0.05) is 28.4 Å². The van der Waals surface area contributed by atoms with Crippen LogP contribution in [0.5, 0.6) is 0 Å². The summed E-state index contributed by atoms with van der Waals surface area (Å²) in [4.78, 5) is 18.8. The van der Waals surface area contributed by atoms with Gasteiger partial charge in [-0.3, -0.25) is 0 Å². The van der Waals surface area contributed by atoms with Crippen LogP contribution in [0.1, 0.15) is 11.1 Å². The Labute approximate surface area is 185 Å². The minimum absolute atomic E-state index is 0.0108. The monoisotopic (exact) mass is 486 g/mol. The van der Waals surface area contributed by atoms with Gasteiger partial charge in [0.15, 0.2) is 5.65 Å². The molecule has 0 atom stereocenters. The van der Waals surface area contributed by atoms with Gasteiger partial charge in [0.25, 0.3) is 5.89 Å². The lowest BCUT2D eigenvalue weighted by atomic mass is 10.1. The molecule has 0 aliphatic heterocycles. The molecule has 0 saturated heterocycles. The number of aromatic nitrogens is 4. The molecule has 3 heterocycles. The van der Waals surface area contributed by atoms with Gasteiger partial charge in [-0.05, 0) is 24.3 Å². The molecule has 0 fully saturated rings. The number of carboxylic acid groups (broad SMARTS) is 1. The maximum atomic E-state index is 14.3. The molecule has 0 amide bonds. The zero-order chi connectivity index (χ0) is 23.2. The molecule has 32 heavy (non-hydrogen) atoms. The highest BCUT2D eigenvalue weighted by Gasteiger charge is 2.32. The van der Waals surface area contributed by atoms with Gasteiger partial charge in [0.1, 0.15) is 11.5 Å². The number of hydrogen-bond acceptors (Lipinski definition) is 5. The number of nitrogens with zero attached hydrogens (tertiary/aromatic N) is 4. The summed E-state index contributed by atoms with van der Waals surface area (Å²) in [5, 5.41) is 12.1. The zero-order valence-electron chi connectivity index (χ0n) is 15.4. The molecule has 0 aliphatic rings. The largest absolute Gasteiger partial charge is 0.478 e. The number of carbonyl (C=O) groups is 1. The lowest BCUT2D eigenvalue weighted by Crippen LogP contribution is -2.06. The molecule has 0 bridgehead atoms. The molecular formula is C19H8Cl2F4N4O3. The minimum atomic E-state index is -4.60. The van der Waals surface area contributed by atoms with E-state index in [2.05, 4.69) is 15.1 Å². The van der Waals surface area contributed by atoms with E-state index in [4.69, 9.17) is 32.8 Å². The molecule has 1 aromatic carbocycles. The van der Waals surface area contributed by atoms with Crippen molar-refractivity contribution in [1.82, 2.24) is 19.5 Å². The van der Waals surface area contributed by atoms with Crippen molar-refractivity contribution in [3.05, 3.63) is 63.7 Å². The maximum Gasteiger partial charge on any atom is 0.417 e. The van der Waals surface area contributed by atoms with Crippen LogP contribution in [0, 0.1) is 5.82 Å². The quantitative estimate of drug-likeness (QED) is 0.297. The van der Waals surface area contributed by atoms with Gasteiger partial charge in [-0.2, -0.15) is 18.2 Å². The number of hydrogen-bond donors (Lipinski definition) is 1. The molecule has 164 valence electrons. The Bertz CT molecular complexity index is 1400. The van der Waals surface area contributed by atoms with Crippen molar-refractivity contribution < 1.29 is 32.0 Å². The van der Waals surface area contributed by atoms with Crippen LogP contribution in [-0.4, -0.2) is 30.6 Å². The number of pyridine rings is 1. The van der Waals surface area contributed by atoms with E-state index in [0.717, 1.165) is 34.9 Å².